The number of benzene rings is 1. The number of aryl methyl sites for hydroxylation is 3. The van der Waals surface area contributed by atoms with Crippen molar-refractivity contribution >= 4 is 0 Å². The molecule has 0 bridgehead atoms. The van der Waals surface area contributed by atoms with Crippen LogP contribution in [0.25, 0.3) is 0 Å². The summed E-state index contributed by atoms with van der Waals surface area (Å²) in [7, 11) is 0. The zero-order valence-electron chi connectivity index (χ0n) is 9.45. The molecule has 1 saturated heterocycles. The molecule has 15 heavy (non-hydrogen) atoms. The molecule has 0 spiro atoms. The lowest BCUT2D eigenvalue weighted by atomic mass is 10.0. The lowest BCUT2D eigenvalue weighted by Crippen LogP contribution is -2.09. The Labute approximate surface area is 91.2 Å². The van der Waals surface area contributed by atoms with E-state index in [0.29, 0.717) is 0 Å². The average Bonchev–Trinajstić information content (AvgIpc) is 2.69. The van der Waals surface area contributed by atoms with Crippen molar-refractivity contribution in [3.05, 3.63) is 34.9 Å². The van der Waals surface area contributed by atoms with E-state index in [2.05, 4.69) is 32.0 Å². The zero-order valence-corrected chi connectivity index (χ0v) is 9.45. The van der Waals surface area contributed by atoms with Crippen LogP contribution in [0, 0.1) is 13.8 Å². The van der Waals surface area contributed by atoms with Gasteiger partial charge >= 0.3 is 0 Å². The second-order valence-electron chi connectivity index (χ2n) is 4.14. The van der Waals surface area contributed by atoms with Crippen LogP contribution < -0.4 is 0 Å². The van der Waals surface area contributed by atoms with Crippen LogP contribution in [0.15, 0.2) is 18.2 Å². The van der Waals surface area contributed by atoms with Crippen molar-refractivity contribution in [3.63, 3.8) is 0 Å². The summed E-state index contributed by atoms with van der Waals surface area (Å²) < 4.78 is 10.8. The molecule has 1 aliphatic rings. The maximum absolute atomic E-state index is 5.42. The van der Waals surface area contributed by atoms with Crippen LogP contribution >= 0.6 is 0 Å². The van der Waals surface area contributed by atoms with Crippen LogP contribution in [0.4, 0.5) is 0 Å². The highest BCUT2D eigenvalue weighted by atomic mass is 16.7. The van der Waals surface area contributed by atoms with Gasteiger partial charge in [0.15, 0.2) is 6.29 Å². The lowest BCUT2D eigenvalue weighted by molar-refractivity contribution is -0.0462. The highest BCUT2D eigenvalue weighted by molar-refractivity contribution is 5.30. The Morgan fingerprint density at radius 2 is 1.93 bits per heavy atom. The molecule has 1 aliphatic heterocycles. The fourth-order valence-electron chi connectivity index (χ4n) is 1.97. The van der Waals surface area contributed by atoms with Crippen LogP contribution in [0.5, 0.6) is 0 Å². The van der Waals surface area contributed by atoms with Gasteiger partial charge in [-0.2, -0.15) is 0 Å². The van der Waals surface area contributed by atoms with E-state index in [1.165, 1.54) is 16.7 Å². The van der Waals surface area contributed by atoms with E-state index in [1.54, 1.807) is 0 Å². The molecule has 1 heterocycles. The van der Waals surface area contributed by atoms with Crippen LogP contribution in [-0.4, -0.2) is 19.5 Å². The zero-order chi connectivity index (χ0) is 10.7. The third kappa shape index (κ3) is 2.80. The maximum atomic E-state index is 5.42. The van der Waals surface area contributed by atoms with Gasteiger partial charge in [0.1, 0.15) is 0 Å². The number of ether oxygens (including phenoxy) is 2. The molecule has 0 saturated carbocycles. The maximum Gasteiger partial charge on any atom is 0.158 e. The summed E-state index contributed by atoms with van der Waals surface area (Å²) >= 11 is 0. The molecule has 0 radical (unpaired) electrons. The second-order valence-corrected chi connectivity index (χ2v) is 4.14. The predicted octanol–water partition coefficient (Wildman–Crippen LogP) is 2.61. The van der Waals surface area contributed by atoms with E-state index in [4.69, 9.17) is 9.47 Å². The smallest absolute Gasteiger partial charge is 0.158 e. The molecule has 0 aromatic heterocycles. The van der Waals surface area contributed by atoms with E-state index >= 15 is 0 Å². The van der Waals surface area contributed by atoms with E-state index in [-0.39, 0.29) is 6.29 Å². The predicted molar refractivity (Wildman–Crippen MR) is 59.9 cm³/mol. The van der Waals surface area contributed by atoms with Crippen LogP contribution in [0.3, 0.4) is 0 Å². The molecule has 0 atom stereocenters. The molecule has 0 unspecified atom stereocenters. The third-order valence-electron chi connectivity index (χ3n) is 2.84. The van der Waals surface area contributed by atoms with Crippen molar-refractivity contribution in [3.8, 4) is 0 Å². The number of rotatable bonds is 3. The lowest BCUT2D eigenvalue weighted by Gasteiger charge is -2.10. The van der Waals surface area contributed by atoms with Crippen LogP contribution in [0.1, 0.15) is 23.1 Å². The minimum Gasteiger partial charge on any atom is -0.350 e. The molecule has 1 fully saturated rings. The van der Waals surface area contributed by atoms with Gasteiger partial charge in [-0.15, -0.1) is 0 Å². The molecule has 1 aromatic rings. The summed E-state index contributed by atoms with van der Waals surface area (Å²) in [6.07, 6.45) is 2.02. The quantitative estimate of drug-likeness (QED) is 0.757. The molecule has 1 aromatic carbocycles. The topological polar surface area (TPSA) is 18.5 Å². The Morgan fingerprint density at radius 3 is 2.60 bits per heavy atom. The van der Waals surface area contributed by atoms with Gasteiger partial charge in [0.2, 0.25) is 0 Å². The van der Waals surface area contributed by atoms with Crippen molar-refractivity contribution in [1.82, 2.24) is 0 Å². The van der Waals surface area contributed by atoms with Crippen molar-refractivity contribution in [2.45, 2.75) is 33.0 Å². The van der Waals surface area contributed by atoms with Crippen molar-refractivity contribution < 1.29 is 9.47 Å². The van der Waals surface area contributed by atoms with E-state index in [0.717, 1.165) is 26.1 Å². The second kappa shape index (κ2) is 4.77. The van der Waals surface area contributed by atoms with Crippen molar-refractivity contribution in [2.24, 2.45) is 0 Å². The SMILES string of the molecule is Cc1ccc(CCC2OCCO2)c(C)c1. The molecule has 2 rings (SSSR count). The van der Waals surface area contributed by atoms with Crippen molar-refractivity contribution in [1.29, 1.82) is 0 Å². The molecule has 0 N–H and O–H groups in total. The number of hydrogen-bond donors (Lipinski definition) is 0. The fourth-order valence-corrected chi connectivity index (χ4v) is 1.97. The summed E-state index contributed by atoms with van der Waals surface area (Å²) in [5, 5.41) is 0. The van der Waals surface area contributed by atoms with Gasteiger partial charge in [-0.1, -0.05) is 23.8 Å². The summed E-state index contributed by atoms with van der Waals surface area (Å²) in [6, 6.07) is 6.60. The first kappa shape index (κ1) is 10.7. The van der Waals surface area contributed by atoms with Crippen LogP contribution in [-0.2, 0) is 15.9 Å². The van der Waals surface area contributed by atoms with Gasteiger partial charge in [0.05, 0.1) is 13.2 Å². The van der Waals surface area contributed by atoms with E-state index < -0.39 is 0 Å². The first-order valence-corrected chi connectivity index (χ1v) is 5.55. The van der Waals surface area contributed by atoms with Gasteiger partial charge < -0.3 is 9.47 Å². The van der Waals surface area contributed by atoms with Gasteiger partial charge in [-0.3, -0.25) is 0 Å². The van der Waals surface area contributed by atoms with Gasteiger partial charge in [-0.05, 0) is 31.4 Å². The Balaban J connectivity index is 1.92. The Kier molecular flexibility index (Phi) is 3.39. The van der Waals surface area contributed by atoms with Crippen molar-refractivity contribution in [2.75, 3.05) is 13.2 Å². The molecule has 0 amide bonds. The Bertz CT molecular complexity index is 327. The minimum atomic E-state index is 0.0192. The van der Waals surface area contributed by atoms with E-state index in [9.17, 15) is 0 Å². The van der Waals surface area contributed by atoms with E-state index in [1.807, 2.05) is 0 Å². The summed E-state index contributed by atoms with van der Waals surface area (Å²) in [6.45, 7) is 5.79. The van der Waals surface area contributed by atoms with Crippen LogP contribution in [0.2, 0.25) is 0 Å². The fraction of sp³-hybridized carbons (Fsp3) is 0.538. The van der Waals surface area contributed by atoms with Gasteiger partial charge in [0.25, 0.3) is 0 Å². The monoisotopic (exact) mass is 206 g/mol. The summed E-state index contributed by atoms with van der Waals surface area (Å²) in [5.41, 5.74) is 4.09. The summed E-state index contributed by atoms with van der Waals surface area (Å²) in [5.74, 6) is 0. The molecule has 2 heteroatoms. The minimum absolute atomic E-state index is 0.0192. The Hall–Kier alpha value is -0.860. The largest absolute Gasteiger partial charge is 0.350 e. The summed E-state index contributed by atoms with van der Waals surface area (Å²) in [4.78, 5) is 0. The standard InChI is InChI=1S/C13H18O2/c1-10-3-4-12(11(2)9-10)5-6-13-14-7-8-15-13/h3-4,9,13H,5-8H2,1-2H3. The van der Waals surface area contributed by atoms with Gasteiger partial charge in [0, 0.05) is 6.42 Å². The molecular weight excluding hydrogens is 188 g/mol. The normalized spacial score (nSPS) is 17.2. The first-order valence-electron chi connectivity index (χ1n) is 5.55. The highest BCUT2D eigenvalue weighted by Crippen LogP contribution is 2.16. The molecule has 2 nitrogen and oxygen atoms in total. The third-order valence-corrected chi connectivity index (χ3v) is 2.84. The molecule has 82 valence electrons. The molecular formula is C13H18O2. The number of hydrogen-bond acceptors (Lipinski definition) is 2. The Morgan fingerprint density at radius 1 is 1.20 bits per heavy atom. The van der Waals surface area contributed by atoms with Gasteiger partial charge in [-0.25, -0.2) is 0 Å². The molecule has 0 aliphatic carbocycles. The highest BCUT2D eigenvalue weighted by Gasteiger charge is 2.15. The average molecular weight is 206 g/mol. The first-order chi connectivity index (χ1) is 7.25.